The predicted octanol–water partition coefficient (Wildman–Crippen LogP) is 3.23. The molecular weight excluding hydrogens is 345 g/mol. The number of aromatic nitrogens is 1. The first-order valence-corrected chi connectivity index (χ1v) is 5.97. The van der Waals surface area contributed by atoms with Crippen LogP contribution in [0.3, 0.4) is 0 Å². The van der Waals surface area contributed by atoms with Gasteiger partial charge in [-0.3, -0.25) is 14.9 Å². The first-order valence-electron chi connectivity index (χ1n) is 5.18. The maximum Gasteiger partial charge on any atom is 0.418 e. The van der Waals surface area contributed by atoms with Crippen molar-refractivity contribution in [2.75, 3.05) is 0 Å². The lowest BCUT2D eigenvalue weighted by Crippen LogP contribution is -2.23. The molecule has 0 bridgehead atoms. The topological polar surface area (TPSA) is 65.1 Å². The summed E-state index contributed by atoms with van der Waals surface area (Å²) in [5.74, 6) is 0. The molecule has 2 aromatic rings. The van der Waals surface area contributed by atoms with Crippen molar-refractivity contribution in [3.05, 3.63) is 48.7 Å². The molecule has 0 aliphatic rings. The van der Waals surface area contributed by atoms with Gasteiger partial charge in [-0.25, -0.2) is 0 Å². The highest BCUT2D eigenvalue weighted by Crippen LogP contribution is 2.39. The van der Waals surface area contributed by atoms with Crippen LogP contribution in [0.2, 0.25) is 0 Å². The monoisotopic (exact) mass is 350 g/mol. The number of nitro benzene ring substituents is 1. The third-order valence-electron chi connectivity index (χ3n) is 2.82. The molecule has 0 aliphatic carbocycles. The van der Waals surface area contributed by atoms with Crippen LogP contribution < -0.4 is 5.56 Å². The molecule has 0 unspecified atom stereocenters. The lowest BCUT2D eigenvalue weighted by atomic mass is 10.1. The first kappa shape index (κ1) is 14.5. The number of fused-ring (bicyclic) bond motifs is 1. The lowest BCUT2D eigenvalue weighted by Gasteiger charge is -2.14. The van der Waals surface area contributed by atoms with E-state index in [4.69, 9.17) is 0 Å². The summed E-state index contributed by atoms with van der Waals surface area (Å²) in [6.45, 7) is 0. The van der Waals surface area contributed by atoms with Crippen molar-refractivity contribution in [3.8, 4) is 0 Å². The molecule has 20 heavy (non-hydrogen) atoms. The van der Waals surface area contributed by atoms with Gasteiger partial charge in [-0.1, -0.05) is 0 Å². The fourth-order valence-electron chi connectivity index (χ4n) is 1.89. The van der Waals surface area contributed by atoms with E-state index in [0.717, 1.165) is 22.8 Å². The Hall–Kier alpha value is -1.90. The minimum absolute atomic E-state index is 0.0314. The molecule has 0 saturated heterocycles. The van der Waals surface area contributed by atoms with E-state index in [9.17, 15) is 28.1 Å². The molecule has 9 heteroatoms. The summed E-state index contributed by atoms with van der Waals surface area (Å²) < 4.78 is 39.6. The molecule has 0 radical (unpaired) electrons. The number of rotatable bonds is 1. The summed E-state index contributed by atoms with van der Waals surface area (Å²) in [6, 6.07) is 2.98. The van der Waals surface area contributed by atoms with E-state index in [2.05, 4.69) is 15.9 Å². The molecule has 2 rings (SSSR count). The summed E-state index contributed by atoms with van der Waals surface area (Å²) in [6.07, 6.45) is -4.81. The van der Waals surface area contributed by atoms with Crippen LogP contribution >= 0.6 is 15.9 Å². The average molecular weight is 351 g/mol. The van der Waals surface area contributed by atoms with Gasteiger partial charge in [0, 0.05) is 24.6 Å². The fraction of sp³-hybridized carbons (Fsp3) is 0.182. The van der Waals surface area contributed by atoms with Crippen LogP contribution in [0.25, 0.3) is 10.9 Å². The zero-order chi connectivity index (χ0) is 15.2. The van der Waals surface area contributed by atoms with Gasteiger partial charge >= 0.3 is 6.18 Å². The predicted molar refractivity (Wildman–Crippen MR) is 68.5 cm³/mol. The Morgan fingerprint density at radius 3 is 2.45 bits per heavy atom. The molecule has 1 aromatic heterocycles. The highest BCUT2D eigenvalue weighted by Gasteiger charge is 2.37. The number of hydrogen-bond acceptors (Lipinski definition) is 3. The van der Waals surface area contributed by atoms with Crippen molar-refractivity contribution in [1.82, 2.24) is 4.57 Å². The Kier molecular flexibility index (Phi) is 3.32. The van der Waals surface area contributed by atoms with Gasteiger partial charge in [0.1, 0.15) is 0 Å². The molecule has 0 fully saturated rings. The molecular formula is C11H6BrF3N2O3. The van der Waals surface area contributed by atoms with Crippen LogP contribution in [0.1, 0.15) is 5.56 Å². The van der Waals surface area contributed by atoms with Crippen LogP contribution in [0, 0.1) is 10.1 Å². The Labute approximate surface area is 117 Å². The molecule has 0 atom stereocenters. The second kappa shape index (κ2) is 4.58. The largest absolute Gasteiger partial charge is 0.418 e. The van der Waals surface area contributed by atoms with E-state index in [-0.39, 0.29) is 5.52 Å². The van der Waals surface area contributed by atoms with Gasteiger partial charge in [0.05, 0.1) is 20.5 Å². The van der Waals surface area contributed by atoms with Crippen molar-refractivity contribution >= 4 is 32.5 Å². The Balaban J connectivity index is 3.05. The summed E-state index contributed by atoms with van der Waals surface area (Å²) in [5, 5.41) is 10.3. The standard InChI is InChI=1S/C11H6BrF3N2O3/c1-16-7-3-2-5(17(19)20)4-6(7)8(11(13,14)15)9(12)10(16)18/h2-4H,1H3. The SMILES string of the molecule is Cn1c(=O)c(Br)c(C(F)(F)F)c2cc([N+](=O)[O-])ccc21. The minimum Gasteiger partial charge on any atom is -0.310 e. The van der Waals surface area contributed by atoms with E-state index >= 15 is 0 Å². The van der Waals surface area contributed by atoms with E-state index in [0.29, 0.717) is 0 Å². The smallest absolute Gasteiger partial charge is 0.310 e. The van der Waals surface area contributed by atoms with Crippen molar-refractivity contribution < 1.29 is 18.1 Å². The average Bonchev–Trinajstić information content (AvgIpc) is 2.34. The number of nitrogens with zero attached hydrogens (tertiary/aromatic N) is 2. The molecule has 1 aromatic carbocycles. The van der Waals surface area contributed by atoms with Crippen LogP contribution in [-0.2, 0) is 13.2 Å². The molecule has 0 aliphatic heterocycles. The van der Waals surface area contributed by atoms with E-state index in [1.54, 1.807) is 0 Å². The van der Waals surface area contributed by atoms with Crippen molar-refractivity contribution in [2.45, 2.75) is 6.18 Å². The number of aryl methyl sites for hydroxylation is 1. The van der Waals surface area contributed by atoms with Gasteiger partial charge < -0.3 is 4.57 Å². The number of nitro groups is 1. The number of benzene rings is 1. The van der Waals surface area contributed by atoms with Gasteiger partial charge in [0.15, 0.2) is 0 Å². The maximum atomic E-state index is 13.1. The van der Waals surface area contributed by atoms with Crippen LogP contribution in [0.4, 0.5) is 18.9 Å². The van der Waals surface area contributed by atoms with Crippen molar-refractivity contribution in [1.29, 1.82) is 0 Å². The third kappa shape index (κ3) is 2.17. The number of halogens is 4. The normalized spacial score (nSPS) is 11.8. The number of non-ortho nitro benzene ring substituents is 1. The highest BCUT2D eigenvalue weighted by molar-refractivity contribution is 9.10. The lowest BCUT2D eigenvalue weighted by molar-refractivity contribution is -0.384. The van der Waals surface area contributed by atoms with Gasteiger partial charge in [0.25, 0.3) is 11.2 Å². The summed E-state index contributed by atoms with van der Waals surface area (Å²) in [7, 11) is 1.29. The summed E-state index contributed by atoms with van der Waals surface area (Å²) in [5.41, 5.74) is -2.58. The zero-order valence-electron chi connectivity index (χ0n) is 9.86. The zero-order valence-corrected chi connectivity index (χ0v) is 11.4. The van der Waals surface area contributed by atoms with Gasteiger partial charge in [-0.05, 0) is 22.0 Å². The van der Waals surface area contributed by atoms with Crippen molar-refractivity contribution in [3.63, 3.8) is 0 Å². The first-order chi connectivity index (χ1) is 9.14. The summed E-state index contributed by atoms with van der Waals surface area (Å²) in [4.78, 5) is 21.6. The van der Waals surface area contributed by atoms with E-state index in [1.807, 2.05) is 0 Å². The van der Waals surface area contributed by atoms with Crippen LogP contribution in [0.15, 0.2) is 27.5 Å². The molecule has 5 nitrogen and oxygen atoms in total. The molecule has 0 spiro atoms. The molecule has 106 valence electrons. The quantitative estimate of drug-likeness (QED) is 0.585. The third-order valence-corrected chi connectivity index (χ3v) is 3.55. The van der Waals surface area contributed by atoms with Crippen LogP contribution in [0.5, 0.6) is 0 Å². The molecule has 1 heterocycles. The van der Waals surface area contributed by atoms with Gasteiger partial charge in [-0.15, -0.1) is 0 Å². The number of hydrogen-bond donors (Lipinski definition) is 0. The number of alkyl halides is 3. The second-order valence-electron chi connectivity index (χ2n) is 4.01. The number of pyridine rings is 1. The Morgan fingerprint density at radius 1 is 1.35 bits per heavy atom. The maximum absolute atomic E-state index is 13.1. The summed E-state index contributed by atoms with van der Waals surface area (Å²) >= 11 is 2.63. The van der Waals surface area contributed by atoms with Gasteiger partial charge in [0.2, 0.25) is 0 Å². The van der Waals surface area contributed by atoms with E-state index in [1.165, 1.54) is 7.05 Å². The molecule has 0 amide bonds. The Morgan fingerprint density at radius 2 is 1.95 bits per heavy atom. The second-order valence-corrected chi connectivity index (χ2v) is 4.80. The van der Waals surface area contributed by atoms with Crippen LogP contribution in [-0.4, -0.2) is 9.49 Å². The molecule has 0 saturated carbocycles. The Bertz CT molecular complexity index is 783. The van der Waals surface area contributed by atoms with E-state index < -0.39 is 37.8 Å². The molecule has 0 N–H and O–H groups in total. The minimum atomic E-state index is -4.81. The van der Waals surface area contributed by atoms with Crippen molar-refractivity contribution in [2.24, 2.45) is 7.05 Å². The van der Waals surface area contributed by atoms with Gasteiger partial charge in [-0.2, -0.15) is 13.2 Å². The fourth-order valence-corrected chi connectivity index (χ4v) is 2.59. The highest BCUT2D eigenvalue weighted by atomic mass is 79.9.